The smallest absolute Gasteiger partial charge is 0.247 e. The van der Waals surface area contributed by atoms with Gasteiger partial charge in [-0.25, -0.2) is 0 Å². The molecular weight excluding hydrogens is 242 g/mol. The molecule has 0 saturated carbocycles. The van der Waals surface area contributed by atoms with E-state index in [1.165, 1.54) is 6.08 Å². The van der Waals surface area contributed by atoms with Crippen LogP contribution in [-0.2, 0) is 4.79 Å². The molecule has 0 unspecified atom stereocenters. The molecule has 0 radical (unpaired) electrons. The van der Waals surface area contributed by atoms with Crippen molar-refractivity contribution in [2.75, 3.05) is 5.32 Å². The van der Waals surface area contributed by atoms with Crippen molar-refractivity contribution in [2.24, 2.45) is 0 Å². The molecule has 0 spiro atoms. The van der Waals surface area contributed by atoms with Crippen LogP contribution in [0.15, 0.2) is 29.3 Å². The van der Waals surface area contributed by atoms with Crippen LogP contribution < -0.4 is 5.32 Å². The zero-order chi connectivity index (χ0) is 10.7. The Labute approximate surface area is 92.1 Å². The lowest BCUT2D eigenvalue weighted by Crippen LogP contribution is -2.09. The number of anilines is 1. The average molecular weight is 254 g/mol. The molecule has 0 atom stereocenters. The number of hydrogen-bond donors (Lipinski definition) is 1. The van der Waals surface area contributed by atoms with Crippen LogP contribution in [0.1, 0.15) is 11.1 Å². The van der Waals surface area contributed by atoms with Crippen LogP contribution in [0.4, 0.5) is 5.69 Å². The van der Waals surface area contributed by atoms with Gasteiger partial charge in [0.2, 0.25) is 5.91 Å². The van der Waals surface area contributed by atoms with E-state index in [9.17, 15) is 4.79 Å². The van der Waals surface area contributed by atoms with E-state index in [4.69, 9.17) is 0 Å². The molecular formula is C11H12BrNO. The Morgan fingerprint density at radius 2 is 2.14 bits per heavy atom. The SMILES string of the molecule is C=CC(=O)Nc1c(C)cc(C)cc1Br. The predicted octanol–water partition coefficient (Wildman–Crippen LogP) is 3.19. The summed E-state index contributed by atoms with van der Waals surface area (Å²) in [5.74, 6) is -0.197. The van der Waals surface area contributed by atoms with E-state index in [0.29, 0.717) is 0 Å². The monoisotopic (exact) mass is 253 g/mol. The zero-order valence-electron chi connectivity index (χ0n) is 8.23. The summed E-state index contributed by atoms with van der Waals surface area (Å²) in [6, 6.07) is 3.98. The number of carbonyl (C=O) groups excluding carboxylic acids is 1. The second-order valence-electron chi connectivity index (χ2n) is 3.13. The highest BCUT2D eigenvalue weighted by Gasteiger charge is 2.06. The first-order valence-corrected chi connectivity index (χ1v) is 5.04. The lowest BCUT2D eigenvalue weighted by Gasteiger charge is -2.09. The second-order valence-corrected chi connectivity index (χ2v) is 3.99. The third kappa shape index (κ3) is 2.45. The first-order chi connectivity index (χ1) is 6.54. The highest BCUT2D eigenvalue weighted by Crippen LogP contribution is 2.27. The van der Waals surface area contributed by atoms with Crippen LogP contribution in [0.3, 0.4) is 0 Å². The fraction of sp³-hybridized carbons (Fsp3) is 0.182. The van der Waals surface area contributed by atoms with Crippen LogP contribution in [-0.4, -0.2) is 5.91 Å². The molecule has 0 saturated heterocycles. The van der Waals surface area contributed by atoms with Gasteiger partial charge in [-0.2, -0.15) is 0 Å². The summed E-state index contributed by atoms with van der Waals surface area (Å²) in [5, 5.41) is 2.75. The number of nitrogens with one attached hydrogen (secondary N) is 1. The highest BCUT2D eigenvalue weighted by molar-refractivity contribution is 9.10. The fourth-order valence-corrected chi connectivity index (χ4v) is 2.02. The molecule has 1 rings (SSSR count). The number of hydrogen-bond acceptors (Lipinski definition) is 1. The average Bonchev–Trinajstić information content (AvgIpc) is 2.10. The summed E-state index contributed by atoms with van der Waals surface area (Å²) in [6.45, 7) is 7.37. The highest BCUT2D eigenvalue weighted by atomic mass is 79.9. The molecule has 2 nitrogen and oxygen atoms in total. The van der Waals surface area contributed by atoms with Crippen molar-refractivity contribution in [1.29, 1.82) is 0 Å². The van der Waals surface area contributed by atoms with Gasteiger partial charge in [-0.1, -0.05) is 12.6 Å². The lowest BCUT2D eigenvalue weighted by atomic mass is 10.1. The molecule has 1 amide bonds. The molecule has 3 heteroatoms. The second kappa shape index (κ2) is 4.42. The van der Waals surface area contributed by atoms with Gasteiger partial charge in [0.05, 0.1) is 5.69 Å². The van der Waals surface area contributed by atoms with Gasteiger partial charge in [0.25, 0.3) is 0 Å². The topological polar surface area (TPSA) is 29.1 Å². The van der Waals surface area contributed by atoms with Gasteiger partial charge >= 0.3 is 0 Å². The van der Waals surface area contributed by atoms with Crippen molar-refractivity contribution in [3.8, 4) is 0 Å². The van der Waals surface area contributed by atoms with E-state index >= 15 is 0 Å². The molecule has 0 aromatic heterocycles. The summed E-state index contributed by atoms with van der Waals surface area (Å²) in [5.41, 5.74) is 3.00. The number of aryl methyl sites for hydroxylation is 2. The van der Waals surface area contributed by atoms with Gasteiger partial charge in [0, 0.05) is 4.47 Å². The number of carbonyl (C=O) groups is 1. The maximum absolute atomic E-state index is 11.1. The largest absolute Gasteiger partial charge is 0.321 e. The minimum absolute atomic E-state index is 0.197. The molecule has 0 aliphatic heterocycles. The Morgan fingerprint density at radius 1 is 1.50 bits per heavy atom. The molecule has 1 aromatic rings. The van der Waals surface area contributed by atoms with E-state index < -0.39 is 0 Å². The van der Waals surface area contributed by atoms with Crippen molar-refractivity contribution < 1.29 is 4.79 Å². The van der Waals surface area contributed by atoms with Crippen LogP contribution in [0.2, 0.25) is 0 Å². The molecule has 0 aliphatic carbocycles. The number of amides is 1. The maximum Gasteiger partial charge on any atom is 0.247 e. The molecule has 1 aromatic carbocycles. The Balaban J connectivity index is 3.08. The van der Waals surface area contributed by atoms with Crippen LogP contribution in [0.25, 0.3) is 0 Å². The Kier molecular flexibility index (Phi) is 3.47. The Morgan fingerprint density at radius 3 is 2.64 bits per heavy atom. The normalized spacial score (nSPS) is 9.64. The molecule has 0 aliphatic rings. The van der Waals surface area contributed by atoms with Crippen LogP contribution in [0, 0.1) is 13.8 Å². The van der Waals surface area contributed by atoms with Crippen molar-refractivity contribution in [1.82, 2.24) is 0 Å². The molecule has 74 valence electrons. The third-order valence-corrected chi connectivity index (χ3v) is 2.49. The van der Waals surface area contributed by atoms with E-state index in [0.717, 1.165) is 21.3 Å². The van der Waals surface area contributed by atoms with Gasteiger partial charge in [-0.3, -0.25) is 4.79 Å². The van der Waals surface area contributed by atoms with Crippen LogP contribution >= 0.6 is 15.9 Å². The third-order valence-electron chi connectivity index (χ3n) is 1.87. The fourth-order valence-electron chi connectivity index (χ4n) is 1.25. The van der Waals surface area contributed by atoms with E-state index in [2.05, 4.69) is 27.8 Å². The first kappa shape index (κ1) is 11.0. The summed E-state index contributed by atoms with van der Waals surface area (Å²) in [7, 11) is 0. The van der Waals surface area contributed by atoms with Gasteiger partial charge in [-0.15, -0.1) is 0 Å². The van der Waals surface area contributed by atoms with Gasteiger partial charge in [-0.05, 0) is 53.0 Å². The summed E-state index contributed by atoms with van der Waals surface area (Å²) >= 11 is 3.41. The van der Waals surface area contributed by atoms with Crippen molar-refractivity contribution in [2.45, 2.75) is 13.8 Å². The molecule has 0 bridgehead atoms. The number of halogens is 1. The van der Waals surface area contributed by atoms with Gasteiger partial charge in [0.15, 0.2) is 0 Å². The van der Waals surface area contributed by atoms with Gasteiger partial charge < -0.3 is 5.32 Å². The van der Waals surface area contributed by atoms with Crippen molar-refractivity contribution in [3.05, 3.63) is 40.4 Å². The van der Waals surface area contributed by atoms with Crippen molar-refractivity contribution in [3.63, 3.8) is 0 Å². The Bertz CT molecular complexity index is 362. The minimum atomic E-state index is -0.197. The standard InChI is InChI=1S/C11H12BrNO/c1-4-10(14)13-11-8(3)5-7(2)6-9(11)12/h4-6H,1H2,2-3H3,(H,13,14). The Hall–Kier alpha value is -1.09. The summed E-state index contributed by atoms with van der Waals surface area (Å²) in [4.78, 5) is 11.1. The minimum Gasteiger partial charge on any atom is -0.321 e. The van der Waals surface area contributed by atoms with Gasteiger partial charge in [0.1, 0.15) is 0 Å². The zero-order valence-corrected chi connectivity index (χ0v) is 9.81. The number of rotatable bonds is 2. The molecule has 0 heterocycles. The first-order valence-electron chi connectivity index (χ1n) is 4.24. The molecule has 1 N–H and O–H groups in total. The lowest BCUT2D eigenvalue weighted by molar-refractivity contribution is -0.111. The predicted molar refractivity (Wildman–Crippen MR) is 62.4 cm³/mol. The number of benzene rings is 1. The van der Waals surface area contributed by atoms with E-state index in [-0.39, 0.29) is 5.91 Å². The van der Waals surface area contributed by atoms with E-state index in [1.54, 1.807) is 0 Å². The summed E-state index contributed by atoms with van der Waals surface area (Å²) < 4.78 is 0.894. The van der Waals surface area contributed by atoms with Crippen molar-refractivity contribution >= 4 is 27.5 Å². The molecule has 14 heavy (non-hydrogen) atoms. The van der Waals surface area contributed by atoms with E-state index in [1.807, 2.05) is 26.0 Å². The summed E-state index contributed by atoms with van der Waals surface area (Å²) in [6.07, 6.45) is 1.26. The molecule has 0 fully saturated rings. The maximum atomic E-state index is 11.1. The van der Waals surface area contributed by atoms with Crippen LogP contribution in [0.5, 0.6) is 0 Å². The quantitative estimate of drug-likeness (QED) is 0.807.